The van der Waals surface area contributed by atoms with Crippen LogP contribution in [0.4, 0.5) is 10.5 Å². The molecule has 4 aromatic carbocycles. The molecule has 1 heterocycles. The number of aliphatic hydroxyl groups excluding tert-OH is 2. The molecule has 1 saturated carbocycles. The number of unbranched alkanes of at least 4 members (excludes halogenated alkanes) is 2. The number of nitro groups is 1. The van der Waals surface area contributed by atoms with Gasteiger partial charge in [-0.2, -0.15) is 0 Å². The fourth-order valence-electron chi connectivity index (χ4n) is 9.71. The van der Waals surface area contributed by atoms with Gasteiger partial charge in [-0.25, -0.2) is 4.79 Å². The van der Waals surface area contributed by atoms with Crippen LogP contribution in [0, 0.1) is 27.9 Å². The molecule has 0 unspecified atom stereocenters. The Labute approximate surface area is 362 Å². The van der Waals surface area contributed by atoms with Gasteiger partial charge in [-0.3, -0.25) is 15.0 Å². The number of allylic oxidation sites excluding steroid dienone is 1. The third-order valence-electron chi connectivity index (χ3n) is 12.3. The average molecular weight is 846 g/mol. The van der Waals surface area contributed by atoms with E-state index in [1.54, 1.807) is 17.1 Å². The van der Waals surface area contributed by atoms with Gasteiger partial charge in [0.05, 0.1) is 29.7 Å². The smallest absolute Gasteiger partial charge is 0.416 e. The number of carbonyl (C=O) groups excluding carboxylic acids is 1. The van der Waals surface area contributed by atoms with Gasteiger partial charge in [0, 0.05) is 43.2 Å². The highest BCUT2D eigenvalue weighted by atomic mass is 16.7. The molecule has 1 fully saturated rings. The highest BCUT2D eigenvalue weighted by Crippen LogP contribution is 2.62. The summed E-state index contributed by atoms with van der Waals surface area (Å²) in [5, 5.41) is 37.9. The molecule has 2 N–H and O–H groups in total. The molecule has 0 saturated heterocycles. The van der Waals surface area contributed by atoms with Gasteiger partial charge >= 0.3 is 6.09 Å². The number of rotatable bonds is 20. The monoisotopic (exact) mass is 845 g/mol. The molecule has 13 nitrogen and oxygen atoms in total. The number of hydrogen-bond donors (Lipinski definition) is 2. The van der Waals surface area contributed by atoms with Gasteiger partial charge in [-0.1, -0.05) is 85.3 Å². The second-order valence-corrected chi connectivity index (χ2v) is 15.9. The Morgan fingerprint density at radius 2 is 1.68 bits per heavy atom. The fourth-order valence-corrected chi connectivity index (χ4v) is 9.71. The van der Waals surface area contributed by atoms with Gasteiger partial charge in [0.2, 0.25) is 5.79 Å². The van der Waals surface area contributed by atoms with Gasteiger partial charge in [-0.05, 0) is 89.8 Å². The molecule has 13 heteroatoms. The van der Waals surface area contributed by atoms with Crippen molar-refractivity contribution in [3.8, 4) is 17.2 Å². The number of fused-ring (bicyclic) bond motifs is 3. The number of carbonyl (C=O) groups is 1. The lowest BCUT2D eigenvalue weighted by molar-refractivity contribution is -0.384. The van der Waals surface area contributed by atoms with E-state index in [0.717, 1.165) is 53.2 Å². The standard InChI is InChI=1S/C49H55N3O10/c1-4-27-59-38-23-24-44-42(30-38)46-40(18-9-11-26-54)34(14-8-10-25-53)29-41-43(50-58-3)31-45(49(62-44,47(41)46)60-28-5-2)51(32-35-16-12-15-33-13-6-7-17-39(33)35)48(55)61-37-21-19-36(20-22-37)52(56)57/h4-7,12-13,15-17,19-24,29-30,34,40,45-47,53-54H,1-2,8-11,14,18,25-28,31-32H2,3H3/t34-,40+,45-,46+,47+,49+/m0/s1. The van der Waals surface area contributed by atoms with Crippen LogP contribution >= 0.6 is 0 Å². The number of oxime groups is 1. The highest BCUT2D eigenvalue weighted by molar-refractivity contribution is 6.03. The van der Waals surface area contributed by atoms with Crippen LogP contribution in [0.5, 0.6) is 17.2 Å². The number of benzene rings is 4. The third kappa shape index (κ3) is 9.11. The van der Waals surface area contributed by atoms with Crippen LogP contribution in [0.2, 0.25) is 0 Å². The topological polar surface area (TPSA) is 162 Å². The Balaban J connectivity index is 1.46. The predicted octanol–water partition coefficient (Wildman–Crippen LogP) is 9.28. The van der Waals surface area contributed by atoms with E-state index in [1.807, 2.05) is 60.7 Å². The quantitative estimate of drug-likeness (QED) is 0.0380. The zero-order chi connectivity index (χ0) is 43.6. The van der Waals surface area contributed by atoms with Crippen LogP contribution in [0.25, 0.3) is 10.8 Å². The van der Waals surface area contributed by atoms with Crippen molar-refractivity contribution in [2.45, 2.75) is 69.2 Å². The third-order valence-corrected chi connectivity index (χ3v) is 12.3. The van der Waals surface area contributed by atoms with E-state index in [4.69, 9.17) is 23.8 Å². The van der Waals surface area contributed by atoms with Crippen molar-refractivity contribution in [3.63, 3.8) is 0 Å². The summed E-state index contributed by atoms with van der Waals surface area (Å²) in [5.41, 5.74) is 3.15. The van der Waals surface area contributed by atoms with E-state index >= 15 is 4.79 Å². The van der Waals surface area contributed by atoms with Crippen molar-refractivity contribution in [1.82, 2.24) is 4.90 Å². The summed E-state index contributed by atoms with van der Waals surface area (Å²) in [6.45, 7) is 8.47. The zero-order valence-corrected chi connectivity index (χ0v) is 35.1. The van der Waals surface area contributed by atoms with E-state index in [0.29, 0.717) is 36.7 Å². The molecule has 4 aromatic rings. The summed E-state index contributed by atoms with van der Waals surface area (Å²) in [5.74, 6) is -0.937. The van der Waals surface area contributed by atoms with Crippen molar-refractivity contribution in [2.24, 2.45) is 22.9 Å². The van der Waals surface area contributed by atoms with E-state index in [-0.39, 0.29) is 62.0 Å². The molecule has 326 valence electrons. The molecule has 1 aliphatic heterocycles. The van der Waals surface area contributed by atoms with Crippen LogP contribution in [0.3, 0.4) is 0 Å². The normalized spacial score (nSPS) is 23.0. The molecule has 0 spiro atoms. The summed E-state index contributed by atoms with van der Waals surface area (Å²) in [7, 11) is 1.50. The van der Waals surface area contributed by atoms with Crippen molar-refractivity contribution in [1.29, 1.82) is 0 Å². The van der Waals surface area contributed by atoms with Gasteiger partial charge in [0.15, 0.2) is 0 Å². The predicted molar refractivity (Wildman–Crippen MR) is 236 cm³/mol. The Morgan fingerprint density at radius 1 is 0.952 bits per heavy atom. The molecule has 6 atom stereocenters. The fraction of sp³-hybridized carbons (Fsp3) is 0.388. The second-order valence-electron chi connectivity index (χ2n) is 15.9. The number of aliphatic hydroxyl groups is 2. The minimum atomic E-state index is -1.54. The second kappa shape index (κ2) is 20.2. The Morgan fingerprint density at radius 3 is 2.40 bits per heavy atom. The highest BCUT2D eigenvalue weighted by Gasteiger charge is 2.65. The Kier molecular flexibility index (Phi) is 14.4. The number of hydrogen-bond acceptors (Lipinski definition) is 11. The number of amides is 1. The summed E-state index contributed by atoms with van der Waals surface area (Å²) in [6.07, 6.45) is 9.49. The maximum absolute atomic E-state index is 15.1. The van der Waals surface area contributed by atoms with Crippen molar-refractivity contribution in [3.05, 3.63) is 143 Å². The van der Waals surface area contributed by atoms with Gasteiger partial charge < -0.3 is 34.0 Å². The number of non-ortho nitro benzene ring substituents is 1. The lowest BCUT2D eigenvalue weighted by Crippen LogP contribution is -2.70. The number of ether oxygens (including phenoxy) is 4. The molecule has 0 bridgehead atoms. The number of nitro benzene ring substituents is 1. The lowest BCUT2D eigenvalue weighted by Gasteiger charge is -2.59. The van der Waals surface area contributed by atoms with Crippen molar-refractivity contribution >= 4 is 28.3 Å². The summed E-state index contributed by atoms with van der Waals surface area (Å²) < 4.78 is 26.7. The first kappa shape index (κ1) is 44.0. The molecular formula is C49H55N3O10. The molecule has 62 heavy (non-hydrogen) atoms. The van der Waals surface area contributed by atoms with E-state index in [2.05, 4.69) is 24.4 Å². The van der Waals surface area contributed by atoms with Crippen LogP contribution in [-0.2, 0) is 16.1 Å². The molecule has 3 aliphatic rings. The van der Waals surface area contributed by atoms with Crippen molar-refractivity contribution < 1.29 is 43.7 Å². The van der Waals surface area contributed by atoms with Gasteiger partial charge in [0.25, 0.3) is 5.69 Å². The lowest BCUT2D eigenvalue weighted by atomic mass is 9.55. The van der Waals surface area contributed by atoms with Crippen LogP contribution in [0.1, 0.15) is 62.0 Å². The van der Waals surface area contributed by atoms with E-state index in [1.165, 1.54) is 31.4 Å². The van der Waals surface area contributed by atoms with E-state index in [9.17, 15) is 20.3 Å². The SMILES string of the molecule is C=CCOc1ccc2c(c1)[C@H]1[C@H](CCCCO)[C@@H](CCCCO)C=C3C(=NOC)C[C@H](N(Cc4cccc5ccccc45)C(=O)Oc4ccc([N+](=O)[O-])cc4)[C@@](OCC=C)(O2)[C@H]31. The molecule has 2 aliphatic carbocycles. The molecule has 0 radical (unpaired) electrons. The van der Waals surface area contributed by atoms with Gasteiger partial charge in [-0.15, -0.1) is 6.58 Å². The van der Waals surface area contributed by atoms with Crippen LogP contribution in [0.15, 0.2) is 127 Å². The summed E-state index contributed by atoms with van der Waals surface area (Å²) >= 11 is 0. The minimum Gasteiger partial charge on any atom is -0.490 e. The first-order valence-electron chi connectivity index (χ1n) is 21.3. The number of nitrogens with zero attached hydrogens (tertiary/aromatic N) is 3. The summed E-state index contributed by atoms with van der Waals surface area (Å²) in [6, 6.07) is 24.2. The maximum atomic E-state index is 15.1. The first-order valence-corrected chi connectivity index (χ1v) is 21.3. The Hall–Kier alpha value is -6.02. The maximum Gasteiger partial charge on any atom is 0.416 e. The molecule has 0 aromatic heterocycles. The van der Waals surface area contributed by atoms with Crippen molar-refractivity contribution in [2.75, 3.05) is 33.5 Å². The average Bonchev–Trinajstić information content (AvgIpc) is 3.28. The van der Waals surface area contributed by atoms with Crippen LogP contribution < -0.4 is 14.2 Å². The van der Waals surface area contributed by atoms with Crippen LogP contribution in [-0.4, -0.2) is 77.2 Å². The largest absolute Gasteiger partial charge is 0.490 e. The minimum absolute atomic E-state index is 0.0131. The first-order chi connectivity index (χ1) is 30.3. The Bertz CT molecular complexity index is 2290. The molecular weight excluding hydrogens is 791 g/mol. The van der Waals surface area contributed by atoms with E-state index < -0.39 is 28.8 Å². The van der Waals surface area contributed by atoms with Gasteiger partial charge in [0.1, 0.15) is 37.0 Å². The summed E-state index contributed by atoms with van der Waals surface area (Å²) in [4.78, 5) is 33.3. The molecule has 1 amide bonds. The zero-order valence-electron chi connectivity index (χ0n) is 35.1. The molecule has 7 rings (SSSR count).